The molecular formula is C26H27F2N5O. The fraction of sp³-hybridized carbons (Fsp3) is 0.308. The SMILES string of the molecule is CC1=Cc2c(ccc(Oc3ncnc(Nc4ccc(CN5CCN(C)CC5)cc4)c3F)c2F)C1. The van der Waals surface area contributed by atoms with Gasteiger partial charge >= 0.3 is 0 Å². The molecular weight excluding hydrogens is 436 g/mol. The van der Waals surface area contributed by atoms with Crippen LogP contribution in [0.3, 0.4) is 0 Å². The highest BCUT2D eigenvalue weighted by Gasteiger charge is 2.21. The number of hydrogen-bond acceptors (Lipinski definition) is 6. The lowest BCUT2D eigenvalue weighted by Gasteiger charge is -2.32. The van der Waals surface area contributed by atoms with Gasteiger partial charge in [-0.15, -0.1) is 0 Å². The minimum absolute atomic E-state index is 0.0332. The molecule has 3 aromatic rings. The molecule has 1 aromatic heterocycles. The topological polar surface area (TPSA) is 53.5 Å². The second-order valence-corrected chi connectivity index (χ2v) is 8.96. The van der Waals surface area contributed by atoms with Crippen molar-refractivity contribution in [2.45, 2.75) is 19.9 Å². The minimum atomic E-state index is -0.782. The molecule has 1 aliphatic heterocycles. The van der Waals surface area contributed by atoms with Crippen LogP contribution in [0.4, 0.5) is 20.3 Å². The summed E-state index contributed by atoms with van der Waals surface area (Å²) in [5.41, 5.74) is 4.33. The largest absolute Gasteiger partial charge is 0.433 e. The van der Waals surface area contributed by atoms with E-state index in [9.17, 15) is 4.39 Å². The average molecular weight is 464 g/mol. The van der Waals surface area contributed by atoms with Crippen LogP contribution in [-0.2, 0) is 13.0 Å². The molecule has 34 heavy (non-hydrogen) atoms. The van der Waals surface area contributed by atoms with Crippen molar-refractivity contribution in [1.29, 1.82) is 0 Å². The van der Waals surface area contributed by atoms with E-state index in [4.69, 9.17) is 4.74 Å². The van der Waals surface area contributed by atoms with Crippen molar-refractivity contribution in [1.82, 2.24) is 19.8 Å². The molecule has 2 aliphatic rings. The van der Waals surface area contributed by atoms with Gasteiger partial charge in [0.1, 0.15) is 6.33 Å². The van der Waals surface area contributed by atoms with Crippen molar-refractivity contribution >= 4 is 17.6 Å². The van der Waals surface area contributed by atoms with Crippen molar-refractivity contribution < 1.29 is 13.5 Å². The van der Waals surface area contributed by atoms with E-state index in [2.05, 4.69) is 32.1 Å². The van der Waals surface area contributed by atoms with Crippen molar-refractivity contribution in [3.8, 4) is 11.6 Å². The molecule has 1 aliphatic carbocycles. The Kier molecular flexibility index (Phi) is 6.26. The third-order valence-electron chi connectivity index (χ3n) is 6.28. The van der Waals surface area contributed by atoms with Gasteiger partial charge in [0.2, 0.25) is 5.82 Å². The van der Waals surface area contributed by atoms with E-state index in [0.29, 0.717) is 17.7 Å². The fourth-order valence-electron chi connectivity index (χ4n) is 4.31. The standard InChI is InChI=1S/C26H27F2N5O/c1-17-13-19-5-8-22(23(27)21(19)14-17)34-26-24(28)25(29-16-30-26)31-20-6-3-18(4-7-20)15-33-11-9-32(2)10-12-33/h3-8,14,16H,9-13,15H2,1-2H3,(H,29,30,31). The van der Waals surface area contributed by atoms with Crippen LogP contribution in [0, 0.1) is 11.6 Å². The molecule has 2 aromatic carbocycles. The number of hydrogen-bond donors (Lipinski definition) is 1. The number of likely N-dealkylation sites (N-methyl/N-ethyl adjacent to an activating group) is 1. The Morgan fingerprint density at radius 2 is 1.74 bits per heavy atom. The Morgan fingerprint density at radius 3 is 2.50 bits per heavy atom. The molecule has 0 atom stereocenters. The van der Waals surface area contributed by atoms with Crippen LogP contribution in [0.25, 0.3) is 6.08 Å². The molecule has 0 radical (unpaired) electrons. The number of rotatable bonds is 6. The maximum absolute atomic E-state index is 15.1. The summed E-state index contributed by atoms with van der Waals surface area (Å²) in [6, 6.07) is 11.1. The van der Waals surface area contributed by atoms with E-state index >= 15 is 4.39 Å². The van der Waals surface area contributed by atoms with E-state index < -0.39 is 11.6 Å². The number of halogens is 2. The first-order valence-corrected chi connectivity index (χ1v) is 11.4. The van der Waals surface area contributed by atoms with Gasteiger partial charge in [-0.1, -0.05) is 29.8 Å². The van der Waals surface area contributed by atoms with Crippen molar-refractivity contribution in [3.05, 3.63) is 76.6 Å². The summed E-state index contributed by atoms with van der Waals surface area (Å²) in [5.74, 6) is -1.73. The second-order valence-electron chi connectivity index (χ2n) is 8.96. The predicted octanol–water partition coefficient (Wildman–Crippen LogP) is 5.00. The number of ether oxygens (including phenoxy) is 1. The summed E-state index contributed by atoms with van der Waals surface area (Å²) in [6.07, 6.45) is 3.68. The Bertz CT molecular complexity index is 1220. The lowest BCUT2D eigenvalue weighted by Crippen LogP contribution is -2.43. The maximum atomic E-state index is 15.1. The summed E-state index contributed by atoms with van der Waals surface area (Å²) < 4.78 is 35.5. The summed E-state index contributed by atoms with van der Waals surface area (Å²) in [6.45, 7) is 7.07. The smallest absolute Gasteiger partial charge is 0.261 e. The molecule has 6 nitrogen and oxygen atoms in total. The van der Waals surface area contributed by atoms with Crippen molar-refractivity contribution in [2.24, 2.45) is 0 Å². The molecule has 0 unspecified atom stereocenters. The number of nitrogens with zero attached hydrogens (tertiary/aromatic N) is 4. The third kappa shape index (κ3) is 4.78. The molecule has 1 N–H and O–H groups in total. The van der Waals surface area contributed by atoms with Crippen LogP contribution >= 0.6 is 0 Å². The summed E-state index contributed by atoms with van der Waals surface area (Å²) >= 11 is 0. The van der Waals surface area contributed by atoms with Gasteiger partial charge in [0.25, 0.3) is 5.88 Å². The van der Waals surface area contributed by atoms with Gasteiger partial charge in [-0.05, 0) is 49.7 Å². The molecule has 1 fully saturated rings. The quantitative estimate of drug-likeness (QED) is 0.556. The van der Waals surface area contributed by atoms with E-state index in [1.165, 1.54) is 18.0 Å². The molecule has 0 spiro atoms. The molecule has 0 bridgehead atoms. The Hall–Kier alpha value is -3.36. The van der Waals surface area contributed by atoms with E-state index in [0.717, 1.165) is 43.9 Å². The minimum Gasteiger partial charge on any atom is -0.433 e. The van der Waals surface area contributed by atoms with Crippen LogP contribution < -0.4 is 10.1 Å². The fourth-order valence-corrected chi connectivity index (χ4v) is 4.31. The van der Waals surface area contributed by atoms with Gasteiger partial charge < -0.3 is 15.0 Å². The van der Waals surface area contributed by atoms with E-state index in [1.807, 2.05) is 31.2 Å². The number of benzene rings is 2. The summed E-state index contributed by atoms with van der Waals surface area (Å²) in [4.78, 5) is 12.6. The lowest BCUT2D eigenvalue weighted by molar-refractivity contribution is 0.148. The van der Waals surface area contributed by atoms with Gasteiger partial charge in [0, 0.05) is 44.0 Å². The van der Waals surface area contributed by atoms with Gasteiger partial charge in [0.15, 0.2) is 17.4 Å². The van der Waals surface area contributed by atoms with Crippen LogP contribution in [0.1, 0.15) is 23.6 Å². The number of nitrogens with one attached hydrogen (secondary N) is 1. The van der Waals surface area contributed by atoms with Crippen LogP contribution in [0.5, 0.6) is 11.6 Å². The number of piperazine rings is 1. The van der Waals surface area contributed by atoms with Gasteiger partial charge in [-0.25, -0.2) is 9.37 Å². The molecule has 8 heteroatoms. The molecule has 5 rings (SSSR count). The number of aromatic nitrogens is 2. The zero-order valence-electron chi connectivity index (χ0n) is 19.3. The molecule has 0 saturated carbocycles. The first-order valence-electron chi connectivity index (χ1n) is 11.4. The highest BCUT2D eigenvalue weighted by Crippen LogP contribution is 2.35. The first-order chi connectivity index (χ1) is 16.5. The zero-order chi connectivity index (χ0) is 23.7. The van der Waals surface area contributed by atoms with E-state index in [1.54, 1.807) is 12.1 Å². The number of anilines is 2. The highest BCUT2D eigenvalue weighted by molar-refractivity contribution is 5.66. The maximum Gasteiger partial charge on any atom is 0.261 e. The van der Waals surface area contributed by atoms with Gasteiger partial charge in [0.05, 0.1) is 0 Å². The molecule has 176 valence electrons. The summed E-state index contributed by atoms with van der Waals surface area (Å²) in [5, 5.41) is 2.97. The van der Waals surface area contributed by atoms with E-state index in [-0.39, 0.29) is 17.4 Å². The van der Waals surface area contributed by atoms with Crippen LogP contribution in [0.2, 0.25) is 0 Å². The molecule has 1 saturated heterocycles. The predicted molar refractivity (Wildman–Crippen MR) is 128 cm³/mol. The zero-order valence-corrected chi connectivity index (χ0v) is 19.3. The second kappa shape index (κ2) is 9.48. The number of allylic oxidation sites excluding steroid dienone is 1. The highest BCUT2D eigenvalue weighted by atomic mass is 19.1. The molecule has 0 amide bonds. The number of fused-ring (bicyclic) bond motifs is 1. The Morgan fingerprint density at radius 1 is 0.971 bits per heavy atom. The Balaban J connectivity index is 1.28. The third-order valence-corrected chi connectivity index (χ3v) is 6.28. The lowest BCUT2D eigenvalue weighted by atomic mass is 10.1. The molecule has 2 heterocycles. The summed E-state index contributed by atoms with van der Waals surface area (Å²) in [7, 11) is 2.14. The van der Waals surface area contributed by atoms with Gasteiger partial charge in [-0.2, -0.15) is 9.37 Å². The van der Waals surface area contributed by atoms with Crippen LogP contribution in [0.15, 0.2) is 48.3 Å². The monoisotopic (exact) mass is 463 g/mol. The van der Waals surface area contributed by atoms with Crippen LogP contribution in [-0.4, -0.2) is 53.0 Å². The van der Waals surface area contributed by atoms with Gasteiger partial charge in [-0.3, -0.25) is 4.90 Å². The Labute approximate surface area is 197 Å². The normalized spacial score (nSPS) is 16.3. The van der Waals surface area contributed by atoms with Crippen molar-refractivity contribution in [3.63, 3.8) is 0 Å². The van der Waals surface area contributed by atoms with Crippen molar-refractivity contribution in [2.75, 3.05) is 38.5 Å². The average Bonchev–Trinajstić information content (AvgIpc) is 3.22. The first kappa shape index (κ1) is 22.4.